The Morgan fingerprint density at radius 3 is 2.48 bits per heavy atom. The van der Waals surface area contributed by atoms with Crippen LogP contribution in [0.25, 0.3) is 11.3 Å². The molecule has 2 aromatic heterocycles. The van der Waals surface area contributed by atoms with Crippen molar-refractivity contribution < 1.29 is 32.7 Å². The highest BCUT2D eigenvalue weighted by Gasteiger charge is 2.20. The summed E-state index contributed by atoms with van der Waals surface area (Å²) in [6.45, 7) is 0.105. The summed E-state index contributed by atoms with van der Waals surface area (Å²) in [6.07, 6.45) is 2.10. The largest absolute Gasteiger partial charge is 0.489 e. The average molecular weight is 468 g/mol. The van der Waals surface area contributed by atoms with Crippen LogP contribution < -0.4 is 15.0 Å². The smallest absolute Gasteiger partial charge is 0.472 e. The van der Waals surface area contributed by atoms with E-state index < -0.39 is 14.6 Å². The number of nitrogens with two attached hydrogens (primary N) is 1. The lowest BCUT2D eigenvalue weighted by Gasteiger charge is -2.07. The number of phosphoric ester groups is 1. The van der Waals surface area contributed by atoms with Gasteiger partial charge in [-0.05, 0) is 35.4 Å². The minimum atomic E-state index is -4.62. The molecule has 9 nitrogen and oxygen atoms in total. The first kappa shape index (κ1) is 22.7. The molecule has 0 fully saturated rings. The number of ether oxygens (including phenoxy) is 1. The molecule has 10 heteroatoms. The zero-order valence-corrected chi connectivity index (χ0v) is 18.5. The molecule has 0 atom stereocenters. The van der Waals surface area contributed by atoms with Gasteiger partial charge >= 0.3 is 7.82 Å². The number of rotatable bonds is 9. The predicted molar refractivity (Wildman–Crippen MR) is 120 cm³/mol. The van der Waals surface area contributed by atoms with E-state index in [1.807, 2.05) is 54.6 Å². The van der Waals surface area contributed by atoms with Crippen LogP contribution in [0.1, 0.15) is 16.8 Å². The molecule has 33 heavy (non-hydrogen) atoms. The monoisotopic (exact) mass is 468 g/mol. The molecule has 0 aliphatic rings. The summed E-state index contributed by atoms with van der Waals surface area (Å²) in [5, 5.41) is 4.12. The van der Waals surface area contributed by atoms with Crippen LogP contribution in [0.4, 0.5) is 5.82 Å². The Bertz CT molecular complexity index is 1250. The van der Waals surface area contributed by atoms with E-state index in [1.165, 1.54) is 4.57 Å². The van der Waals surface area contributed by atoms with Gasteiger partial charge < -0.3 is 19.0 Å². The third-order valence-corrected chi connectivity index (χ3v) is 5.31. The minimum Gasteiger partial charge on any atom is -0.489 e. The van der Waals surface area contributed by atoms with Crippen molar-refractivity contribution in [3.63, 3.8) is 0 Å². The Morgan fingerprint density at radius 2 is 1.76 bits per heavy atom. The number of hydrogen-bond acceptors (Lipinski definition) is 6. The zero-order valence-electron chi connectivity index (χ0n) is 17.6. The number of pyridine rings is 1. The summed E-state index contributed by atoms with van der Waals surface area (Å²) < 4.78 is 28.1. The molecule has 0 radical (unpaired) electrons. The van der Waals surface area contributed by atoms with Gasteiger partial charge in [-0.3, -0.25) is 5.73 Å². The first-order valence-electron chi connectivity index (χ1n) is 10.1. The summed E-state index contributed by atoms with van der Waals surface area (Å²) in [4.78, 5) is 17.8. The lowest BCUT2D eigenvalue weighted by molar-refractivity contribution is -0.711. The summed E-state index contributed by atoms with van der Waals surface area (Å²) >= 11 is 0. The highest BCUT2D eigenvalue weighted by atomic mass is 31.2. The van der Waals surface area contributed by atoms with Crippen molar-refractivity contribution in [2.24, 2.45) is 0 Å². The van der Waals surface area contributed by atoms with E-state index in [-0.39, 0.29) is 5.82 Å². The summed E-state index contributed by atoms with van der Waals surface area (Å²) in [5.41, 5.74) is 9.51. The van der Waals surface area contributed by atoms with Crippen molar-refractivity contribution in [3.8, 4) is 17.1 Å². The topological polar surface area (TPSA) is 132 Å². The molecule has 0 aliphatic heterocycles. The molecule has 4 N–H and O–H groups in total. The van der Waals surface area contributed by atoms with Crippen molar-refractivity contribution in [1.82, 2.24) is 5.16 Å². The molecule has 4 rings (SSSR count). The maximum atomic E-state index is 11.0. The molecule has 2 heterocycles. The summed E-state index contributed by atoms with van der Waals surface area (Å²) in [6, 6.07) is 22.9. The number of aromatic nitrogens is 2. The second-order valence-electron chi connectivity index (χ2n) is 7.30. The predicted octanol–water partition coefficient (Wildman–Crippen LogP) is 3.45. The van der Waals surface area contributed by atoms with E-state index in [9.17, 15) is 4.57 Å². The molecule has 0 amide bonds. The molecule has 0 aliphatic carbocycles. The number of phosphoric acid groups is 1. The van der Waals surface area contributed by atoms with Crippen LogP contribution in [-0.4, -0.2) is 14.9 Å². The Morgan fingerprint density at radius 1 is 1.00 bits per heavy atom. The summed E-state index contributed by atoms with van der Waals surface area (Å²) in [7, 11) is -4.62. The van der Waals surface area contributed by atoms with E-state index in [0.29, 0.717) is 30.0 Å². The van der Waals surface area contributed by atoms with Crippen LogP contribution >= 0.6 is 7.82 Å². The van der Waals surface area contributed by atoms with Crippen LogP contribution in [0.3, 0.4) is 0 Å². The Balaban J connectivity index is 1.40. The van der Waals surface area contributed by atoms with Gasteiger partial charge in [0.25, 0.3) is 5.82 Å². The number of benzene rings is 2. The minimum absolute atomic E-state index is 0.230. The maximum Gasteiger partial charge on any atom is 0.472 e. The number of nitrogen functional groups attached to an aromatic ring is 1. The third-order valence-electron chi connectivity index (χ3n) is 4.86. The molecule has 0 saturated carbocycles. The second-order valence-corrected chi connectivity index (χ2v) is 8.54. The molecule has 0 bridgehead atoms. The number of anilines is 1. The SMILES string of the molecule is Nc1c(-c2cc(Cc3ccc(OCc4ccccc4)cc3)no2)ccc[n+]1COP(=O)(O)O. The Hall–Kier alpha value is -3.49. The standard InChI is InChI=1S/C23H22N3O6P/c24-23-21(7-4-12-26(23)16-31-33(27,28)29)22-14-19(25-32-22)13-17-8-10-20(11-9-17)30-15-18-5-2-1-3-6-18/h1-12,14,24H,13,15-16H2,(H2,27,28,29)/p+1. The highest BCUT2D eigenvalue weighted by Crippen LogP contribution is 2.35. The van der Waals surface area contributed by atoms with Crippen LogP contribution in [0.5, 0.6) is 5.75 Å². The zero-order chi connectivity index (χ0) is 23.3. The van der Waals surface area contributed by atoms with Crippen LogP contribution in [0.2, 0.25) is 0 Å². The second kappa shape index (κ2) is 9.97. The lowest BCUT2D eigenvalue weighted by atomic mass is 10.1. The fraction of sp³-hybridized carbons (Fsp3) is 0.130. The normalized spacial score (nSPS) is 11.5. The van der Waals surface area contributed by atoms with E-state index >= 15 is 0 Å². The van der Waals surface area contributed by atoms with Crippen molar-refractivity contribution in [2.75, 3.05) is 5.73 Å². The molecular formula is C23H23N3O6P+. The van der Waals surface area contributed by atoms with Gasteiger partial charge in [0.2, 0.25) is 6.73 Å². The van der Waals surface area contributed by atoms with Gasteiger partial charge in [-0.15, -0.1) is 0 Å². The van der Waals surface area contributed by atoms with Crippen LogP contribution in [0, 0.1) is 0 Å². The number of hydrogen-bond donors (Lipinski definition) is 3. The summed E-state index contributed by atoms with van der Waals surface area (Å²) in [5.74, 6) is 1.45. The number of nitrogens with zero attached hydrogens (tertiary/aromatic N) is 2. The first-order chi connectivity index (χ1) is 15.9. The quantitative estimate of drug-likeness (QED) is 0.251. The maximum absolute atomic E-state index is 11.0. The van der Waals surface area contributed by atoms with E-state index in [1.54, 1.807) is 24.4 Å². The lowest BCUT2D eigenvalue weighted by Crippen LogP contribution is -2.38. The van der Waals surface area contributed by atoms with E-state index in [0.717, 1.165) is 16.9 Å². The van der Waals surface area contributed by atoms with Crippen molar-refractivity contribution in [1.29, 1.82) is 0 Å². The third kappa shape index (κ3) is 6.27. The van der Waals surface area contributed by atoms with Crippen molar-refractivity contribution >= 4 is 13.6 Å². The van der Waals surface area contributed by atoms with Crippen molar-refractivity contribution in [2.45, 2.75) is 19.8 Å². The van der Waals surface area contributed by atoms with Gasteiger partial charge in [0, 0.05) is 12.5 Å². The van der Waals surface area contributed by atoms with Gasteiger partial charge in [0.1, 0.15) is 17.9 Å². The van der Waals surface area contributed by atoms with Crippen LogP contribution in [-0.2, 0) is 28.8 Å². The van der Waals surface area contributed by atoms with Crippen molar-refractivity contribution in [3.05, 3.63) is 95.8 Å². The molecule has 0 unspecified atom stereocenters. The molecule has 2 aromatic carbocycles. The molecule has 0 spiro atoms. The molecular weight excluding hydrogens is 445 g/mol. The molecule has 4 aromatic rings. The molecule has 170 valence electrons. The van der Waals surface area contributed by atoms with Gasteiger partial charge in [-0.25, -0.2) is 13.7 Å². The van der Waals surface area contributed by atoms with Gasteiger partial charge in [0.15, 0.2) is 5.76 Å². The van der Waals surface area contributed by atoms with Gasteiger partial charge in [-0.2, -0.15) is 0 Å². The van der Waals surface area contributed by atoms with E-state index in [2.05, 4.69) is 9.68 Å². The Labute approximate surface area is 190 Å². The van der Waals surface area contributed by atoms with Gasteiger partial charge in [-0.1, -0.05) is 47.6 Å². The Kier molecular flexibility index (Phi) is 6.86. The van der Waals surface area contributed by atoms with Crippen LogP contribution in [0.15, 0.2) is 83.5 Å². The fourth-order valence-corrected chi connectivity index (χ4v) is 3.47. The highest BCUT2D eigenvalue weighted by molar-refractivity contribution is 7.46. The van der Waals surface area contributed by atoms with E-state index in [4.69, 9.17) is 24.8 Å². The molecule has 0 saturated heterocycles. The average Bonchev–Trinajstić information content (AvgIpc) is 3.26. The fourth-order valence-electron chi connectivity index (χ4n) is 3.20. The van der Waals surface area contributed by atoms with Gasteiger partial charge in [0.05, 0.1) is 11.9 Å². The first-order valence-corrected chi connectivity index (χ1v) is 11.6.